The van der Waals surface area contributed by atoms with Gasteiger partial charge >= 0.3 is 0 Å². The number of phenols is 1. The van der Waals surface area contributed by atoms with E-state index < -0.39 is 0 Å². The molecule has 1 atom stereocenters. The first-order valence-electron chi connectivity index (χ1n) is 14.8. The summed E-state index contributed by atoms with van der Waals surface area (Å²) in [6.07, 6.45) is 4.32. The zero-order valence-corrected chi connectivity index (χ0v) is 24.1. The molecular formula is C33H36N6O3. The smallest absolute Gasteiger partial charge is 0.245 e. The minimum Gasteiger partial charge on any atom is -0.508 e. The first-order valence-corrected chi connectivity index (χ1v) is 14.8. The van der Waals surface area contributed by atoms with Gasteiger partial charge in [0.05, 0.1) is 17.9 Å². The number of rotatable bonds is 6. The van der Waals surface area contributed by atoms with Crippen LogP contribution in [0.2, 0.25) is 0 Å². The zero-order valence-electron chi connectivity index (χ0n) is 24.1. The van der Waals surface area contributed by atoms with E-state index in [4.69, 9.17) is 9.72 Å². The number of amides is 1. The number of pyridine rings is 1. The minimum absolute atomic E-state index is 0.0230. The number of nitriles is 1. The summed E-state index contributed by atoms with van der Waals surface area (Å²) in [5, 5.41) is 23.0. The van der Waals surface area contributed by atoms with Gasteiger partial charge in [-0.2, -0.15) is 5.26 Å². The van der Waals surface area contributed by atoms with E-state index >= 15 is 0 Å². The average Bonchev–Trinajstić information content (AvgIpc) is 3.37. The molecule has 0 bridgehead atoms. The largest absolute Gasteiger partial charge is 0.508 e. The van der Waals surface area contributed by atoms with E-state index in [0.717, 1.165) is 91.9 Å². The van der Waals surface area contributed by atoms with Gasteiger partial charge in [0.25, 0.3) is 0 Å². The van der Waals surface area contributed by atoms with Crippen molar-refractivity contribution in [2.24, 2.45) is 5.41 Å². The number of phenolic OH excluding ortho intramolecular Hbond substituents is 1. The highest BCUT2D eigenvalue weighted by Crippen LogP contribution is 2.47. The molecule has 9 nitrogen and oxygen atoms in total. The summed E-state index contributed by atoms with van der Waals surface area (Å²) in [4.78, 5) is 25.8. The maximum absolute atomic E-state index is 12.1. The number of carbonyl (C=O) groups excluding carboxylic acids is 1. The first-order chi connectivity index (χ1) is 20.4. The van der Waals surface area contributed by atoms with Gasteiger partial charge in [-0.25, -0.2) is 4.98 Å². The van der Waals surface area contributed by atoms with Gasteiger partial charge in [-0.05, 0) is 50.4 Å². The molecule has 3 saturated heterocycles. The van der Waals surface area contributed by atoms with Gasteiger partial charge in [0.15, 0.2) is 0 Å². The molecule has 0 radical (unpaired) electrons. The van der Waals surface area contributed by atoms with Crippen LogP contribution in [-0.4, -0.2) is 84.8 Å². The van der Waals surface area contributed by atoms with Crippen molar-refractivity contribution in [2.75, 3.05) is 62.7 Å². The summed E-state index contributed by atoms with van der Waals surface area (Å²) in [6, 6.07) is 14.5. The standard InChI is InChI=1S/C33H36N6O3/c1-3-30(41)38-18-33(19-38)20-39(21-33)31-26-10-12-37(29-14-24(40)13-22-7-4-5-9-25(22)29)16-28(26)35-32(27(31)15-34)42-17-23-8-6-11-36(23)2/h3-5,7,9,13-14,23,40H,1,6,8,10-12,16-21H2,2H3/t23-/m0/s1. The Hall–Kier alpha value is -4.29. The van der Waals surface area contributed by atoms with E-state index in [1.54, 1.807) is 6.07 Å². The van der Waals surface area contributed by atoms with Gasteiger partial charge in [-0.15, -0.1) is 0 Å². The maximum Gasteiger partial charge on any atom is 0.245 e. The predicted octanol–water partition coefficient (Wildman–Crippen LogP) is 3.68. The van der Waals surface area contributed by atoms with Crippen LogP contribution in [0, 0.1) is 16.7 Å². The summed E-state index contributed by atoms with van der Waals surface area (Å²) >= 11 is 0. The van der Waals surface area contributed by atoms with Crippen molar-refractivity contribution >= 4 is 28.1 Å². The number of anilines is 2. The molecule has 42 heavy (non-hydrogen) atoms. The number of aromatic nitrogens is 1. The number of hydrogen-bond acceptors (Lipinski definition) is 8. The molecule has 1 spiro atoms. The van der Waals surface area contributed by atoms with Crippen LogP contribution in [0.25, 0.3) is 10.8 Å². The summed E-state index contributed by atoms with van der Waals surface area (Å²) < 4.78 is 6.37. The Kier molecular flexibility index (Phi) is 6.47. The Morgan fingerprint density at radius 2 is 2.02 bits per heavy atom. The van der Waals surface area contributed by atoms with E-state index in [2.05, 4.69) is 40.5 Å². The molecule has 0 unspecified atom stereocenters. The van der Waals surface area contributed by atoms with Gasteiger partial charge in [0.1, 0.15) is 24.0 Å². The van der Waals surface area contributed by atoms with Crippen molar-refractivity contribution in [2.45, 2.75) is 31.8 Å². The number of hydrogen-bond donors (Lipinski definition) is 1. The number of likely N-dealkylation sites (N-methyl/N-ethyl adjacent to an activating group) is 1. The van der Waals surface area contributed by atoms with Crippen molar-refractivity contribution in [1.29, 1.82) is 5.26 Å². The molecule has 1 amide bonds. The molecule has 0 aliphatic carbocycles. The number of fused-ring (bicyclic) bond motifs is 2. The molecule has 3 fully saturated rings. The Balaban J connectivity index is 1.23. The van der Waals surface area contributed by atoms with Gasteiger partial charge < -0.3 is 29.4 Å². The number of ether oxygens (including phenoxy) is 1. The average molecular weight is 565 g/mol. The molecule has 4 aliphatic rings. The fraction of sp³-hybridized carbons (Fsp3) is 0.424. The van der Waals surface area contributed by atoms with Crippen LogP contribution < -0.4 is 14.5 Å². The van der Waals surface area contributed by atoms with E-state index in [0.29, 0.717) is 30.6 Å². The Morgan fingerprint density at radius 3 is 2.76 bits per heavy atom. The fourth-order valence-corrected chi connectivity index (χ4v) is 7.37. The molecule has 216 valence electrons. The van der Waals surface area contributed by atoms with Crippen LogP contribution in [0.1, 0.15) is 29.7 Å². The molecule has 9 heteroatoms. The lowest BCUT2D eigenvalue weighted by Gasteiger charge is -2.61. The summed E-state index contributed by atoms with van der Waals surface area (Å²) in [7, 11) is 2.12. The number of likely N-dealkylation sites (tertiary alicyclic amines) is 2. The highest BCUT2D eigenvalue weighted by atomic mass is 16.5. The number of carbonyl (C=O) groups is 1. The van der Waals surface area contributed by atoms with Crippen molar-refractivity contribution in [3.63, 3.8) is 0 Å². The monoisotopic (exact) mass is 564 g/mol. The van der Waals surface area contributed by atoms with E-state index in [1.807, 2.05) is 29.2 Å². The van der Waals surface area contributed by atoms with Crippen molar-refractivity contribution in [1.82, 2.24) is 14.8 Å². The van der Waals surface area contributed by atoms with Gasteiger partial charge in [-0.3, -0.25) is 4.79 Å². The molecule has 5 heterocycles. The molecule has 7 rings (SSSR count). The van der Waals surface area contributed by atoms with Crippen LogP contribution in [0.4, 0.5) is 11.4 Å². The summed E-state index contributed by atoms with van der Waals surface area (Å²) in [5.41, 5.74) is 4.51. The molecule has 0 saturated carbocycles. The number of nitrogens with zero attached hydrogens (tertiary/aromatic N) is 6. The lowest BCUT2D eigenvalue weighted by molar-refractivity contribution is -0.139. The van der Waals surface area contributed by atoms with E-state index in [1.165, 1.54) is 6.08 Å². The van der Waals surface area contributed by atoms with Crippen LogP contribution in [0.15, 0.2) is 49.1 Å². The second kappa shape index (κ2) is 10.2. The topological polar surface area (TPSA) is 96.2 Å². The molecular weight excluding hydrogens is 528 g/mol. The molecule has 3 aromatic rings. The van der Waals surface area contributed by atoms with Crippen molar-refractivity contribution < 1.29 is 14.6 Å². The van der Waals surface area contributed by atoms with Crippen LogP contribution in [0.5, 0.6) is 11.6 Å². The fourth-order valence-electron chi connectivity index (χ4n) is 7.37. The third kappa shape index (κ3) is 4.42. The van der Waals surface area contributed by atoms with E-state index in [9.17, 15) is 15.2 Å². The summed E-state index contributed by atoms with van der Waals surface area (Å²) in [5.74, 6) is 0.625. The van der Waals surface area contributed by atoms with Crippen LogP contribution >= 0.6 is 0 Å². The van der Waals surface area contributed by atoms with Crippen LogP contribution in [0.3, 0.4) is 0 Å². The summed E-state index contributed by atoms with van der Waals surface area (Å²) in [6.45, 7) is 9.51. The Labute approximate surface area is 246 Å². The molecule has 4 aliphatic heterocycles. The number of benzene rings is 2. The van der Waals surface area contributed by atoms with Gasteiger partial charge in [-0.1, -0.05) is 30.8 Å². The van der Waals surface area contributed by atoms with E-state index in [-0.39, 0.29) is 17.1 Å². The third-order valence-corrected chi connectivity index (χ3v) is 9.56. The zero-order chi connectivity index (χ0) is 29.0. The predicted molar refractivity (Wildman–Crippen MR) is 162 cm³/mol. The second-order valence-electron chi connectivity index (χ2n) is 12.4. The van der Waals surface area contributed by atoms with Crippen LogP contribution in [-0.2, 0) is 17.8 Å². The number of aromatic hydroxyl groups is 1. The second-order valence-corrected chi connectivity index (χ2v) is 12.4. The highest BCUT2D eigenvalue weighted by molar-refractivity contribution is 5.96. The lowest BCUT2D eigenvalue weighted by Crippen LogP contribution is -2.73. The van der Waals surface area contributed by atoms with Crippen molar-refractivity contribution in [3.05, 3.63) is 65.9 Å². The van der Waals surface area contributed by atoms with Crippen molar-refractivity contribution in [3.8, 4) is 17.7 Å². The highest BCUT2D eigenvalue weighted by Gasteiger charge is 2.54. The molecule has 1 aromatic heterocycles. The maximum atomic E-state index is 12.1. The lowest BCUT2D eigenvalue weighted by atomic mass is 9.72. The van der Waals surface area contributed by atoms with Gasteiger partial charge in [0, 0.05) is 66.9 Å². The Morgan fingerprint density at radius 1 is 1.21 bits per heavy atom. The minimum atomic E-state index is -0.0230. The van der Waals surface area contributed by atoms with Gasteiger partial charge in [0.2, 0.25) is 11.8 Å². The SMILES string of the molecule is C=CC(=O)N1CC2(C1)CN(c1c(C#N)c(OC[C@@H]3CCCN3C)nc3c1CCN(c1cc(O)cc4ccccc14)C3)C2. The Bertz CT molecular complexity index is 1620. The first kappa shape index (κ1) is 26.6. The molecule has 1 N–H and O–H groups in total. The third-order valence-electron chi connectivity index (χ3n) is 9.56. The normalized spacial score (nSPS) is 21.0. The quantitative estimate of drug-likeness (QED) is 0.453. The molecule has 2 aromatic carbocycles.